The van der Waals surface area contributed by atoms with Gasteiger partial charge in [0.15, 0.2) is 0 Å². The Bertz CT molecular complexity index is 409. The maximum atomic E-state index is 6.08. The molecule has 1 aliphatic rings. The van der Waals surface area contributed by atoms with Gasteiger partial charge in [-0.15, -0.1) is 0 Å². The van der Waals surface area contributed by atoms with E-state index in [1.54, 1.807) is 0 Å². The zero-order valence-electron chi connectivity index (χ0n) is 12.2. The zero-order valence-corrected chi connectivity index (χ0v) is 12.2. The van der Waals surface area contributed by atoms with Crippen LogP contribution < -0.4 is 5.32 Å². The highest BCUT2D eigenvalue weighted by molar-refractivity contribution is 4.99. The monoisotopic (exact) mass is 251 g/mol. The second-order valence-corrected chi connectivity index (χ2v) is 6.38. The average molecular weight is 251 g/mol. The third-order valence-electron chi connectivity index (χ3n) is 3.73. The lowest BCUT2D eigenvalue weighted by atomic mass is 9.94. The van der Waals surface area contributed by atoms with Gasteiger partial charge in [0.2, 0.25) is 0 Å². The number of rotatable bonds is 4. The van der Waals surface area contributed by atoms with Crippen LogP contribution in [0.15, 0.2) is 12.4 Å². The van der Waals surface area contributed by atoms with Crippen molar-refractivity contribution in [2.24, 2.45) is 7.05 Å². The summed E-state index contributed by atoms with van der Waals surface area (Å²) in [7, 11) is 2.04. The highest BCUT2D eigenvalue weighted by Gasteiger charge is 2.45. The summed E-state index contributed by atoms with van der Waals surface area (Å²) in [5.41, 5.74) is -0.116. The summed E-state index contributed by atoms with van der Waals surface area (Å²) in [4.78, 5) is 4.34. The maximum absolute atomic E-state index is 6.08. The van der Waals surface area contributed by atoms with Gasteiger partial charge in [-0.1, -0.05) is 0 Å². The van der Waals surface area contributed by atoms with Crippen LogP contribution in [0.1, 0.15) is 39.9 Å². The molecule has 1 atom stereocenters. The van der Waals surface area contributed by atoms with Crippen molar-refractivity contribution < 1.29 is 4.74 Å². The minimum Gasteiger partial charge on any atom is -0.368 e. The normalized spacial score (nSPS) is 25.5. The Morgan fingerprint density at radius 2 is 2.17 bits per heavy atom. The lowest BCUT2D eigenvalue weighted by Gasteiger charge is -2.27. The molecular weight excluding hydrogens is 226 g/mol. The van der Waals surface area contributed by atoms with Crippen molar-refractivity contribution in [3.05, 3.63) is 18.2 Å². The molecule has 102 valence electrons. The molecule has 0 spiro atoms. The Hall–Kier alpha value is -0.870. The van der Waals surface area contributed by atoms with E-state index in [-0.39, 0.29) is 11.2 Å². The van der Waals surface area contributed by atoms with Gasteiger partial charge in [-0.3, -0.25) is 0 Å². The highest BCUT2D eigenvalue weighted by Crippen LogP contribution is 2.37. The van der Waals surface area contributed by atoms with Crippen LogP contribution in [-0.2, 0) is 18.2 Å². The third-order valence-corrected chi connectivity index (χ3v) is 3.73. The molecule has 4 nitrogen and oxygen atoms in total. The topological polar surface area (TPSA) is 39.1 Å². The van der Waals surface area contributed by atoms with E-state index in [4.69, 9.17) is 4.74 Å². The number of imidazole rings is 1. The van der Waals surface area contributed by atoms with Crippen molar-refractivity contribution >= 4 is 0 Å². The molecule has 18 heavy (non-hydrogen) atoms. The van der Waals surface area contributed by atoms with Crippen LogP contribution in [0, 0.1) is 0 Å². The van der Waals surface area contributed by atoms with E-state index in [0.717, 1.165) is 25.2 Å². The first-order chi connectivity index (χ1) is 8.30. The van der Waals surface area contributed by atoms with E-state index in [1.807, 2.05) is 19.4 Å². The van der Waals surface area contributed by atoms with Crippen molar-refractivity contribution in [1.29, 1.82) is 0 Å². The quantitative estimate of drug-likeness (QED) is 0.888. The number of hydrogen-bond donors (Lipinski definition) is 1. The van der Waals surface area contributed by atoms with Crippen LogP contribution >= 0.6 is 0 Å². The fourth-order valence-corrected chi connectivity index (χ4v) is 2.88. The molecule has 0 saturated carbocycles. The van der Waals surface area contributed by atoms with Crippen molar-refractivity contribution in [2.45, 2.75) is 57.8 Å². The number of ether oxygens (including phenoxy) is 1. The molecule has 0 bridgehead atoms. The van der Waals surface area contributed by atoms with Gasteiger partial charge in [0.1, 0.15) is 5.82 Å². The second kappa shape index (κ2) is 4.67. The summed E-state index contributed by atoms with van der Waals surface area (Å²) in [6, 6.07) is 0.410. The molecule has 1 unspecified atom stereocenters. The van der Waals surface area contributed by atoms with Crippen molar-refractivity contribution in [3.8, 4) is 0 Å². The van der Waals surface area contributed by atoms with Gasteiger partial charge < -0.3 is 14.6 Å². The fraction of sp³-hybridized carbons (Fsp3) is 0.786. The zero-order chi connectivity index (χ0) is 13.4. The summed E-state index contributed by atoms with van der Waals surface area (Å²) >= 11 is 0. The number of aryl methyl sites for hydroxylation is 1. The van der Waals surface area contributed by atoms with Crippen molar-refractivity contribution in [2.75, 3.05) is 6.54 Å². The van der Waals surface area contributed by atoms with Gasteiger partial charge in [0.25, 0.3) is 0 Å². The molecule has 2 rings (SSSR count). The lowest BCUT2D eigenvalue weighted by molar-refractivity contribution is -0.0697. The first kappa shape index (κ1) is 13.6. The van der Waals surface area contributed by atoms with Crippen LogP contribution in [0.2, 0.25) is 0 Å². The average Bonchev–Trinajstić information content (AvgIpc) is 2.69. The van der Waals surface area contributed by atoms with Gasteiger partial charge in [-0.25, -0.2) is 4.98 Å². The highest BCUT2D eigenvalue weighted by atomic mass is 16.5. The smallest absolute Gasteiger partial charge is 0.109 e. The van der Waals surface area contributed by atoms with E-state index in [9.17, 15) is 0 Å². The first-order valence-electron chi connectivity index (χ1n) is 6.70. The largest absolute Gasteiger partial charge is 0.368 e. The second-order valence-electron chi connectivity index (χ2n) is 6.38. The first-order valence-corrected chi connectivity index (χ1v) is 6.70. The van der Waals surface area contributed by atoms with Crippen LogP contribution in [0.5, 0.6) is 0 Å². The van der Waals surface area contributed by atoms with Crippen LogP contribution in [0.4, 0.5) is 0 Å². The van der Waals surface area contributed by atoms with Gasteiger partial charge in [0, 0.05) is 38.4 Å². The number of nitrogens with zero attached hydrogens (tertiary/aromatic N) is 2. The minimum absolute atomic E-state index is 0.0234. The Morgan fingerprint density at radius 3 is 2.67 bits per heavy atom. The van der Waals surface area contributed by atoms with Gasteiger partial charge in [0.05, 0.1) is 11.2 Å². The molecule has 0 aromatic carbocycles. The predicted octanol–water partition coefficient (Wildman–Crippen LogP) is 1.90. The van der Waals surface area contributed by atoms with Gasteiger partial charge in [-0.05, 0) is 34.1 Å². The minimum atomic E-state index is -0.0921. The van der Waals surface area contributed by atoms with E-state index < -0.39 is 0 Å². The molecule has 1 fully saturated rings. The molecule has 1 aromatic rings. The molecule has 1 aliphatic heterocycles. The standard InChI is InChI=1S/C14H25N3O/c1-13(2)10-11(14(3,4)18-13)15-7-6-12-16-8-9-17(12)5/h8-9,11,15H,6-7,10H2,1-5H3. The molecule has 0 amide bonds. The van der Waals surface area contributed by atoms with Crippen LogP contribution in [0.3, 0.4) is 0 Å². The molecule has 0 aliphatic carbocycles. The molecule has 1 saturated heterocycles. The van der Waals surface area contributed by atoms with Crippen molar-refractivity contribution in [3.63, 3.8) is 0 Å². The van der Waals surface area contributed by atoms with E-state index in [1.165, 1.54) is 0 Å². The summed E-state index contributed by atoms with van der Waals surface area (Å²) in [6.45, 7) is 9.60. The van der Waals surface area contributed by atoms with E-state index in [0.29, 0.717) is 6.04 Å². The predicted molar refractivity (Wildman–Crippen MR) is 72.6 cm³/mol. The number of nitrogens with one attached hydrogen (secondary N) is 1. The Balaban J connectivity index is 1.86. The molecule has 1 N–H and O–H groups in total. The van der Waals surface area contributed by atoms with E-state index in [2.05, 4.69) is 42.6 Å². The van der Waals surface area contributed by atoms with Crippen LogP contribution in [0.25, 0.3) is 0 Å². The lowest BCUT2D eigenvalue weighted by Crippen LogP contribution is -2.44. The van der Waals surface area contributed by atoms with Gasteiger partial charge >= 0.3 is 0 Å². The summed E-state index contributed by atoms with van der Waals surface area (Å²) < 4.78 is 8.15. The molecule has 4 heteroatoms. The van der Waals surface area contributed by atoms with E-state index >= 15 is 0 Å². The summed E-state index contributed by atoms with van der Waals surface area (Å²) in [5, 5.41) is 3.61. The van der Waals surface area contributed by atoms with Gasteiger partial charge in [-0.2, -0.15) is 0 Å². The SMILES string of the molecule is Cn1ccnc1CCNC1CC(C)(C)OC1(C)C. The Kier molecular flexibility index (Phi) is 3.52. The Labute approximate surface area is 110 Å². The number of hydrogen-bond acceptors (Lipinski definition) is 3. The Morgan fingerprint density at radius 1 is 1.44 bits per heavy atom. The molecular formula is C14H25N3O. The van der Waals surface area contributed by atoms with Crippen LogP contribution in [-0.4, -0.2) is 33.3 Å². The van der Waals surface area contributed by atoms with Crippen molar-refractivity contribution in [1.82, 2.24) is 14.9 Å². The third kappa shape index (κ3) is 2.93. The maximum Gasteiger partial charge on any atom is 0.109 e. The number of aromatic nitrogens is 2. The molecule has 0 radical (unpaired) electrons. The summed E-state index contributed by atoms with van der Waals surface area (Å²) in [6.07, 6.45) is 5.85. The summed E-state index contributed by atoms with van der Waals surface area (Å²) in [5.74, 6) is 1.12. The molecule has 2 heterocycles. The molecule has 1 aromatic heterocycles. The fourth-order valence-electron chi connectivity index (χ4n) is 2.88.